The fourth-order valence-electron chi connectivity index (χ4n) is 3.03. The van der Waals surface area contributed by atoms with Crippen molar-refractivity contribution in [2.24, 2.45) is 0 Å². The number of aromatic amines is 1. The summed E-state index contributed by atoms with van der Waals surface area (Å²) in [5.74, 6) is -0.917. The van der Waals surface area contributed by atoms with Gasteiger partial charge in [-0.1, -0.05) is 26.0 Å². The van der Waals surface area contributed by atoms with Gasteiger partial charge in [-0.05, 0) is 49.9 Å². The van der Waals surface area contributed by atoms with Crippen molar-refractivity contribution in [2.75, 3.05) is 7.11 Å². The summed E-state index contributed by atoms with van der Waals surface area (Å²) in [5.41, 5.74) is 3.34. The Balaban J connectivity index is 2.12. The van der Waals surface area contributed by atoms with E-state index in [1.54, 1.807) is 25.1 Å². The van der Waals surface area contributed by atoms with E-state index in [0.29, 0.717) is 34.5 Å². The van der Waals surface area contributed by atoms with Gasteiger partial charge in [0.2, 0.25) is 0 Å². The molecule has 0 saturated carbocycles. The highest BCUT2D eigenvalue weighted by atomic mass is 16.5. The number of amides is 2. The maximum atomic E-state index is 12.7. The van der Waals surface area contributed by atoms with Gasteiger partial charge in [0.15, 0.2) is 0 Å². The van der Waals surface area contributed by atoms with Crippen molar-refractivity contribution in [1.82, 2.24) is 15.6 Å². The fraction of sp³-hybridized carbons (Fsp3) is 0.409. The number of methoxy groups -OCH3 is 1. The van der Waals surface area contributed by atoms with Crippen LogP contribution in [-0.2, 0) is 17.7 Å². The Morgan fingerprint density at radius 1 is 1.17 bits per heavy atom. The molecule has 1 atom stereocenters. The number of hydrogen-bond acceptors (Lipinski definition) is 4. The SMILES string of the molecule is CCc1[nH]c(C(=O)NCc2cccc(C(=O)NC(C)CC)c2)c(C)c1C(=O)OC. The average molecular weight is 399 g/mol. The lowest BCUT2D eigenvalue weighted by Gasteiger charge is -2.12. The van der Waals surface area contributed by atoms with Crippen LogP contribution < -0.4 is 10.6 Å². The predicted octanol–water partition coefficient (Wildman–Crippen LogP) is 3.13. The summed E-state index contributed by atoms with van der Waals surface area (Å²) in [7, 11) is 1.32. The van der Waals surface area contributed by atoms with Crippen LogP contribution in [0.25, 0.3) is 0 Å². The molecule has 7 nitrogen and oxygen atoms in total. The number of H-pyrrole nitrogens is 1. The van der Waals surface area contributed by atoms with Crippen molar-refractivity contribution >= 4 is 17.8 Å². The topological polar surface area (TPSA) is 100 Å². The largest absolute Gasteiger partial charge is 0.465 e. The van der Waals surface area contributed by atoms with Gasteiger partial charge >= 0.3 is 5.97 Å². The first-order valence-electron chi connectivity index (χ1n) is 9.80. The number of benzene rings is 1. The minimum atomic E-state index is -0.463. The van der Waals surface area contributed by atoms with Crippen molar-refractivity contribution in [3.8, 4) is 0 Å². The minimum Gasteiger partial charge on any atom is -0.465 e. The van der Waals surface area contributed by atoms with Gasteiger partial charge < -0.3 is 20.4 Å². The van der Waals surface area contributed by atoms with E-state index in [-0.39, 0.29) is 24.4 Å². The van der Waals surface area contributed by atoms with E-state index in [0.717, 1.165) is 12.0 Å². The zero-order valence-electron chi connectivity index (χ0n) is 17.6. The molecule has 2 rings (SSSR count). The third-order valence-corrected chi connectivity index (χ3v) is 4.93. The van der Waals surface area contributed by atoms with Crippen LogP contribution in [0.5, 0.6) is 0 Å². The average Bonchev–Trinajstić information content (AvgIpc) is 3.07. The molecule has 29 heavy (non-hydrogen) atoms. The van der Waals surface area contributed by atoms with Gasteiger partial charge in [-0.3, -0.25) is 9.59 Å². The summed E-state index contributed by atoms with van der Waals surface area (Å²) in [6.07, 6.45) is 1.43. The highest BCUT2D eigenvalue weighted by Gasteiger charge is 2.23. The molecule has 156 valence electrons. The highest BCUT2D eigenvalue weighted by Crippen LogP contribution is 2.20. The molecule has 2 aromatic rings. The monoisotopic (exact) mass is 399 g/mol. The first-order valence-corrected chi connectivity index (χ1v) is 9.80. The van der Waals surface area contributed by atoms with Crippen LogP contribution in [0.3, 0.4) is 0 Å². The number of esters is 1. The van der Waals surface area contributed by atoms with E-state index in [1.165, 1.54) is 7.11 Å². The van der Waals surface area contributed by atoms with Crippen LogP contribution in [0, 0.1) is 6.92 Å². The van der Waals surface area contributed by atoms with E-state index >= 15 is 0 Å². The molecule has 0 aliphatic heterocycles. The second-order valence-electron chi connectivity index (χ2n) is 6.99. The summed E-state index contributed by atoms with van der Waals surface area (Å²) < 4.78 is 4.82. The molecule has 0 aliphatic carbocycles. The van der Waals surface area contributed by atoms with Crippen molar-refractivity contribution in [2.45, 2.75) is 53.1 Å². The number of nitrogens with one attached hydrogen (secondary N) is 3. The lowest BCUT2D eigenvalue weighted by molar-refractivity contribution is 0.0598. The molecular formula is C22H29N3O4. The maximum absolute atomic E-state index is 12.7. The Labute approximate surface area is 171 Å². The molecule has 7 heteroatoms. The summed E-state index contributed by atoms with van der Waals surface area (Å²) >= 11 is 0. The Kier molecular flexibility index (Phi) is 7.59. The van der Waals surface area contributed by atoms with E-state index < -0.39 is 5.97 Å². The summed E-state index contributed by atoms with van der Waals surface area (Å²) in [5, 5.41) is 5.77. The smallest absolute Gasteiger partial charge is 0.339 e. The third-order valence-electron chi connectivity index (χ3n) is 4.93. The normalized spacial score (nSPS) is 11.6. The fourth-order valence-corrected chi connectivity index (χ4v) is 3.03. The zero-order chi connectivity index (χ0) is 21.6. The van der Waals surface area contributed by atoms with Gasteiger partial charge in [0.05, 0.1) is 12.7 Å². The number of aryl methyl sites for hydroxylation is 1. The van der Waals surface area contributed by atoms with Gasteiger partial charge in [0.1, 0.15) is 5.69 Å². The summed E-state index contributed by atoms with van der Waals surface area (Å²) in [6, 6.07) is 7.24. The number of hydrogen-bond donors (Lipinski definition) is 3. The molecule has 1 aromatic heterocycles. The number of rotatable bonds is 8. The third kappa shape index (κ3) is 5.25. The molecule has 1 unspecified atom stereocenters. The first-order chi connectivity index (χ1) is 13.8. The van der Waals surface area contributed by atoms with E-state index in [4.69, 9.17) is 4.74 Å². The molecule has 3 N–H and O–H groups in total. The molecule has 0 fully saturated rings. The zero-order valence-corrected chi connectivity index (χ0v) is 17.6. The molecule has 1 heterocycles. The van der Waals surface area contributed by atoms with Crippen LogP contribution in [0.15, 0.2) is 24.3 Å². The van der Waals surface area contributed by atoms with Crippen LogP contribution >= 0.6 is 0 Å². The van der Waals surface area contributed by atoms with E-state index in [1.807, 2.05) is 26.8 Å². The van der Waals surface area contributed by atoms with Crippen LogP contribution in [0.2, 0.25) is 0 Å². The number of ether oxygens (including phenoxy) is 1. The first kappa shape index (κ1) is 22.2. The summed E-state index contributed by atoms with van der Waals surface area (Å²) in [6.45, 7) is 7.84. The van der Waals surface area contributed by atoms with Crippen molar-refractivity contribution < 1.29 is 19.1 Å². The number of carbonyl (C=O) groups excluding carboxylic acids is 3. The Morgan fingerprint density at radius 2 is 1.90 bits per heavy atom. The Hall–Kier alpha value is -3.09. The second kappa shape index (κ2) is 9.91. The van der Waals surface area contributed by atoms with E-state index in [9.17, 15) is 14.4 Å². The predicted molar refractivity (Wildman–Crippen MR) is 111 cm³/mol. The van der Waals surface area contributed by atoms with Gasteiger partial charge in [0, 0.05) is 23.8 Å². The van der Waals surface area contributed by atoms with Crippen molar-refractivity contribution in [3.05, 3.63) is 57.9 Å². The molecular weight excluding hydrogens is 370 g/mol. The highest BCUT2D eigenvalue weighted by molar-refractivity contribution is 6.00. The van der Waals surface area contributed by atoms with Gasteiger partial charge in [-0.15, -0.1) is 0 Å². The molecule has 0 bridgehead atoms. The number of carbonyl (C=O) groups is 3. The second-order valence-corrected chi connectivity index (χ2v) is 6.99. The lowest BCUT2D eigenvalue weighted by atomic mass is 10.1. The van der Waals surface area contributed by atoms with Crippen molar-refractivity contribution in [3.63, 3.8) is 0 Å². The van der Waals surface area contributed by atoms with Crippen molar-refractivity contribution in [1.29, 1.82) is 0 Å². The molecule has 0 saturated heterocycles. The van der Waals surface area contributed by atoms with E-state index in [2.05, 4.69) is 15.6 Å². The Morgan fingerprint density at radius 3 is 2.52 bits per heavy atom. The lowest BCUT2D eigenvalue weighted by Crippen LogP contribution is -2.32. The van der Waals surface area contributed by atoms with Gasteiger partial charge in [-0.2, -0.15) is 0 Å². The molecule has 2 amide bonds. The van der Waals surface area contributed by atoms with Gasteiger partial charge in [0.25, 0.3) is 11.8 Å². The quantitative estimate of drug-likeness (QED) is 0.594. The summed E-state index contributed by atoms with van der Waals surface area (Å²) in [4.78, 5) is 40.0. The standard InChI is InChI=1S/C22H29N3O4/c1-6-13(3)24-20(26)16-10-8-9-15(11-16)12-23-21(27)19-14(4)18(22(28)29-5)17(7-2)25-19/h8-11,13,25H,6-7,12H2,1-5H3,(H,23,27)(H,24,26). The molecule has 0 radical (unpaired) electrons. The Bertz CT molecular complexity index is 901. The maximum Gasteiger partial charge on any atom is 0.339 e. The van der Waals surface area contributed by atoms with Gasteiger partial charge in [-0.25, -0.2) is 4.79 Å². The molecule has 0 spiro atoms. The van der Waals surface area contributed by atoms with Crippen LogP contribution in [0.1, 0.15) is 75.2 Å². The van der Waals surface area contributed by atoms with Crippen LogP contribution in [0.4, 0.5) is 0 Å². The molecule has 0 aliphatic rings. The number of aromatic nitrogens is 1. The molecule has 1 aromatic carbocycles. The van der Waals surface area contributed by atoms with Crippen LogP contribution in [-0.4, -0.2) is 35.9 Å². The minimum absolute atomic E-state index is 0.0958.